The fraction of sp³-hybridized carbons (Fsp3) is 0.304. The molecule has 0 saturated carbocycles. The first-order chi connectivity index (χ1) is 15.4. The van der Waals surface area contributed by atoms with Crippen LogP contribution in [0.1, 0.15) is 23.7 Å². The smallest absolute Gasteiger partial charge is 0.338 e. The Bertz CT molecular complexity index is 986. The predicted octanol–water partition coefficient (Wildman–Crippen LogP) is 2.41. The van der Waals surface area contributed by atoms with Crippen LogP contribution in [0.5, 0.6) is 5.75 Å². The molecule has 0 aliphatic carbocycles. The lowest BCUT2D eigenvalue weighted by atomic mass is 10.1. The molecule has 0 aromatic heterocycles. The predicted molar refractivity (Wildman–Crippen MR) is 115 cm³/mol. The molecular formula is C23H24N2O7. The van der Waals surface area contributed by atoms with Crippen molar-refractivity contribution in [2.75, 3.05) is 37.1 Å². The van der Waals surface area contributed by atoms with Crippen LogP contribution in [0.25, 0.3) is 0 Å². The van der Waals surface area contributed by atoms with Crippen molar-refractivity contribution in [3.05, 3.63) is 54.1 Å². The van der Waals surface area contributed by atoms with E-state index in [1.165, 1.54) is 4.90 Å². The van der Waals surface area contributed by atoms with Gasteiger partial charge in [-0.05, 0) is 55.5 Å². The summed E-state index contributed by atoms with van der Waals surface area (Å²) in [4.78, 5) is 50.0. The molecular weight excluding hydrogens is 416 g/mol. The highest BCUT2D eigenvalue weighted by Gasteiger charge is 2.36. The van der Waals surface area contributed by atoms with E-state index < -0.39 is 30.4 Å². The second-order valence-electron chi connectivity index (χ2n) is 7.06. The van der Waals surface area contributed by atoms with Crippen molar-refractivity contribution in [1.29, 1.82) is 0 Å². The van der Waals surface area contributed by atoms with Gasteiger partial charge in [-0.2, -0.15) is 0 Å². The molecule has 9 nitrogen and oxygen atoms in total. The summed E-state index contributed by atoms with van der Waals surface area (Å²) in [6, 6.07) is 13.1. The Labute approximate surface area is 185 Å². The quantitative estimate of drug-likeness (QED) is 0.628. The van der Waals surface area contributed by atoms with Gasteiger partial charge in [0.25, 0.3) is 5.91 Å². The first-order valence-electron chi connectivity index (χ1n) is 10.1. The average molecular weight is 440 g/mol. The molecule has 3 rings (SSSR count). The minimum Gasteiger partial charge on any atom is -0.497 e. The molecule has 32 heavy (non-hydrogen) atoms. The molecule has 9 heteroatoms. The van der Waals surface area contributed by atoms with Gasteiger partial charge in [-0.15, -0.1) is 0 Å². The molecule has 1 saturated heterocycles. The van der Waals surface area contributed by atoms with Gasteiger partial charge < -0.3 is 24.4 Å². The number of nitrogens with one attached hydrogen (secondary N) is 1. The second kappa shape index (κ2) is 10.4. The number of ether oxygens (including phenoxy) is 3. The summed E-state index contributed by atoms with van der Waals surface area (Å²) >= 11 is 0. The number of hydrogen-bond acceptors (Lipinski definition) is 7. The largest absolute Gasteiger partial charge is 0.497 e. The number of hydrogen-bond donors (Lipinski definition) is 1. The number of carbonyl (C=O) groups excluding carboxylic acids is 4. The third kappa shape index (κ3) is 5.63. The van der Waals surface area contributed by atoms with Crippen LogP contribution >= 0.6 is 0 Å². The van der Waals surface area contributed by atoms with Gasteiger partial charge in [-0.3, -0.25) is 14.4 Å². The van der Waals surface area contributed by atoms with Crippen molar-refractivity contribution in [1.82, 2.24) is 0 Å². The van der Waals surface area contributed by atoms with Crippen LogP contribution in [0.2, 0.25) is 0 Å². The number of esters is 2. The molecule has 0 unspecified atom stereocenters. The summed E-state index contributed by atoms with van der Waals surface area (Å²) in [5.74, 6) is -1.81. The third-order valence-electron chi connectivity index (χ3n) is 4.87. The Hall–Kier alpha value is -3.88. The molecule has 1 heterocycles. The molecule has 1 aliphatic heterocycles. The highest BCUT2D eigenvalue weighted by atomic mass is 16.5. The van der Waals surface area contributed by atoms with Crippen LogP contribution < -0.4 is 15.0 Å². The van der Waals surface area contributed by atoms with Crippen LogP contribution in [-0.2, 0) is 23.9 Å². The Morgan fingerprint density at radius 3 is 2.34 bits per heavy atom. The van der Waals surface area contributed by atoms with Gasteiger partial charge in [-0.25, -0.2) is 4.79 Å². The lowest BCUT2D eigenvalue weighted by molar-refractivity contribution is -0.151. The van der Waals surface area contributed by atoms with Gasteiger partial charge in [0, 0.05) is 24.3 Å². The minimum atomic E-state index is -0.680. The molecule has 0 spiro atoms. The van der Waals surface area contributed by atoms with E-state index in [0.717, 1.165) is 0 Å². The van der Waals surface area contributed by atoms with Gasteiger partial charge in [-0.1, -0.05) is 0 Å². The van der Waals surface area contributed by atoms with E-state index in [-0.39, 0.29) is 25.5 Å². The van der Waals surface area contributed by atoms with E-state index in [2.05, 4.69) is 5.32 Å². The number of rotatable bonds is 8. The van der Waals surface area contributed by atoms with Gasteiger partial charge >= 0.3 is 11.9 Å². The Morgan fingerprint density at radius 1 is 1.03 bits per heavy atom. The normalized spacial score (nSPS) is 15.2. The van der Waals surface area contributed by atoms with Crippen molar-refractivity contribution in [2.45, 2.75) is 13.3 Å². The number of anilines is 2. The standard InChI is InChI=1S/C23H24N2O7/c1-3-31-22(28)15-4-8-18(9-5-15)25-13-16(12-21(25)27)23(29)32-14-20(26)24-17-6-10-19(30-2)11-7-17/h4-11,16H,3,12-14H2,1-2H3,(H,24,26)/t16-/m0/s1. The summed E-state index contributed by atoms with van der Waals surface area (Å²) in [5, 5.41) is 2.62. The average Bonchev–Trinajstić information content (AvgIpc) is 3.20. The lowest BCUT2D eigenvalue weighted by Crippen LogP contribution is -2.28. The van der Waals surface area contributed by atoms with Crippen LogP contribution in [0.3, 0.4) is 0 Å². The number of methoxy groups -OCH3 is 1. The maximum absolute atomic E-state index is 12.4. The van der Waals surface area contributed by atoms with E-state index in [0.29, 0.717) is 22.7 Å². The number of carbonyl (C=O) groups is 4. The molecule has 2 amide bonds. The molecule has 1 aliphatic rings. The molecule has 2 aromatic carbocycles. The van der Waals surface area contributed by atoms with Gasteiger partial charge in [0.05, 0.1) is 25.2 Å². The summed E-state index contributed by atoms with van der Waals surface area (Å²) in [6.07, 6.45) is -0.0153. The summed E-state index contributed by atoms with van der Waals surface area (Å²) in [7, 11) is 1.54. The zero-order valence-electron chi connectivity index (χ0n) is 17.8. The fourth-order valence-corrected chi connectivity index (χ4v) is 3.23. The van der Waals surface area contributed by atoms with E-state index in [4.69, 9.17) is 14.2 Å². The molecule has 1 fully saturated rings. The maximum Gasteiger partial charge on any atom is 0.338 e. The van der Waals surface area contributed by atoms with E-state index in [1.807, 2.05) is 0 Å². The van der Waals surface area contributed by atoms with E-state index in [1.54, 1.807) is 62.6 Å². The Kier molecular flexibility index (Phi) is 7.43. The van der Waals surface area contributed by atoms with E-state index in [9.17, 15) is 19.2 Å². The highest BCUT2D eigenvalue weighted by molar-refractivity contribution is 6.00. The molecule has 0 radical (unpaired) electrons. The number of nitrogens with zero attached hydrogens (tertiary/aromatic N) is 1. The van der Waals surface area contributed by atoms with Crippen LogP contribution in [0.4, 0.5) is 11.4 Å². The molecule has 1 atom stereocenters. The summed E-state index contributed by atoms with van der Waals surface area (Å²) in [5.41, 5.74) is 1.48. The SMILES string of the molecule is CCOC(=O)c1ccc(N2C[C@@H](C(=O)OCC(=O)Nc3ccc(OC)cc3)CC2=O)cc1. The zero-order chi connectivity index (χ0) is 23.1. The van der Waals surface area contributed by atoms with Gasteiger partial charge in [0.1, 0.15) is 5.75 Å². The maximum atomic E-state index is 12.4. The second-order valence-corrected chi connectivity index (χ2v) is 7.06. The van der Waals surface area contributed by atoms with Crippen LogP contribution in [-0.4, -0.2) is 50.6 Å². The first kappa shape index (κ1) is 22.8. The van der Waals surface area contributed by atoms with Crippen molar-refractivity contribution in [3.8, 4) is 5.75 Å². The van der Waals surface area contributed by atoms with Gasteiger partial charge in [0.2, 0.25) is 5.91 Å². The molecule has 0 bridgehead atoms. The topological polar surface area (TPSA) is 111 Å². The molecule has 1 N–H and O–H groups in total. The minimum absolute atomic E-state index is 0.0153. The summed E-state index contributed by atoms with van der Waals surface area (Å²) < 4.78 is 15.1. The van der Waals surface area contributed by atoms with Crippen LogP contribution in [0, 0.1) is 5.92 Å². The lowest BCUT2D eigenvalue weighted by Gasteiger charge is -2.17. The third-order valence-corrected chi connectivity index (χ3v) is 4.87. The monoisotopic (exact) mass is 440 g/mol. The Morgan fingerprint density at radius 2 is 1.72 bits per heavy atom. The van der Waals surface area contributed by atoms with Crippen molar-refractivity contribution in [2.24, 2.45) is 5.92 Å². The number of benzene rings is 2. The molecule has 168 valence electrons. The molecule has 2 aromatic rings. The van der Waals surface area contributed by atoms with Crippen molar-refractivity contribution in [3.63, 3.8) is 0 Å². The zero-order valence-corrected chi connectivity index (χ0v) is 17.8. The Balaban J connectivity index is 1.51. The number of amides is 2. The van der Waals surface area contributed by atoms with Crippen molar-refractivity contribution < 1.29 is 33.4 Å². The van der Waals surface area contributed by atoms with Gasteiger partial charge in [0.15, 0.2) is 6.61 Å². The van der Waals surface area contributed by atoms with Crippen molar-refractivity contribution >= 4 is 35.1 Å². The highest BCUT2D eigenvalue weighted by Crippen LogP contribution is 2.26. The van der Waals surface area contributed by atoms with Crippen LogP contribution in [0.15, 0.2) is 48.5 Å². The first-order valence-corrected chi connectivity index (χ1v) is 10.1. The summed E-state index contributed by atoms with van der Waals surface area (Å²) in [6.45, 7) is 1.67. The fourth-order valence-electron chi connectivity index (χ4n) is 3.23. The van der Waals surface area contributed by atoms with E-state index >= 15 is 0 Å².